The molecule has 0 fully saturated rings. The van der Waals surface area contributed by atoms with Gasteiger partial charge in [-0.2, -0.15) is 5.10 Å². The maximum atomic E-state index is 11.4. The summed E-state index contributed by atoms with van der Waals surface area (Å²) in [6.45, 7) is 3.43. The number of hydrogen-bond donors (Lipinski definition) is 2. The lowest BCUT2D eigenvalue weighted by Gasteiger charge is -2.13. The van der Waals surface area contributed by atoms with E-state index in [0.717, 1.165) is 0 Å². The zero-order valence-electron chi connectivity index (χ0n) is 10.8. The summed E-state index contributed by atoms with van der Waals surface area (Å²) in [6.07, 6.45) is 1.18. The van der Waals surface area contributed by atoms with Gasteiger partial charge in [-0.3, -0.25) is 0 Å². The Bertz CT molecular complexity index is 761. The van der Waals surface area contributed by atoms with Crippen molar-refractivity contribution in [2.75, 3.05) is 17.3 Å². The molecule has 0 saturated heterocycles. The lowest BCUT2D eigenvalue weighted by molar-refractivity contribution is 0.598. The standard InChI is InChI=1S/C10H15N5O3S/c1-6(5-19(3,17)18)11-8-4-9-13-14-10(16)15(9)7(2)12-8/h4,6,11H,5H2,1-3H3,(H,14,16). The number of nitrogens with one attached hydrogen (secondary N) is 2. The summed E-state index contributed by atoms with van der Waals surface area (Å²) in [6, 6.07) is 1.30. The molecule has 104 valence electrons. The predicted molar refractivity (Wildman–Crippen MR) is 71.1 cm³/mol. The van der Waals surface area contributed by atoms with E-state index in [4.69, 9.17) is 0 Å². The molecule has 2 N–H and O–H groups in total. The summed E-state index contributed by atoms with van der Waals surface area (Å²) in [7, 11) is -3.06. The highest BCUT2D eigenvalue weighted by Crippen LogP contribution is 2.09. The van der Waals surface area contributed by atoms with Crippen LogP contribution >= 0.6 is 0 Å². The molecular formula is C10H15N5O3S. The van der Waals surface area contributed by atoms with Crippen molar-refractivity contribution >= 4 is 21.3 Å². The van der Waals surface area contributed by atoms with Crippen molar-refractivity contribution in [3.63, 3.8) is 0 Å². The molecule has 2 rings (SSSR count). The zero-order chi connectivity index (χ0) is 14.2. The summed E-state index contributed by atoms with van der Waals surface area (Å²) in [5.41, 5.74) is 0.0855. The molecule has 0 aliphatic carbocycles. The number of aromatic nitrogens is 4. The van der Waals surface area contributed by atoms with Crippen molar-refractivity contribution in [3.05, 3.63) is 22.4 Å². The smallest absolute Gasteiger partial charge is 0.349 e. The number of sulfone groups is 1. The van der Waals surface area contributed by atoms with Crippen molar-refractivity contribution in [2.45, 2.75) is 19.9 Å². The van der Waals surface area contributed by atoms with Crippen LogP contribution in [-0.2, 0) is 9.84 Å². The van der Waals surface area contributed by atoms with E-state index >= 15 is 0 Å². The minimum absolute atomic E-state index is 0.00623. The number of aromatic amines is 1. The third-order valence-corrected chi connectivity index (χ3v) is 3.62. The van der Waals surface area contributed by atoms with Crippen molar-refractivity contribution in [1.29, 1.82) is 0 Å². The third kappa shape index (κ3) is 3.11. The summed E-state index contributed by atoms with van der Waals surface area (Å²) in [5.74, 6) is 0.970. The molecule has 1 atom stereocenters. The molecule has 0 saturated carbocycles. The quantitative estimate of drug-likeness (QED) is 0.789. The van der Waals surface area contributed by atoms with E-state index in [9.17, 15) is 13.2 Å². The fourth-order valence-corrected chi connectivity index (χ4v) is 2.91. The molecule has 0 bridgehead atoms. The van der Waals surface area contributed by atoms with Gasteiger partial charge in [0.05, 0.1) is 5.75 Å². The summed E-state index contributed by atoms with van der Waals surface area (Å²) in [4.78, 5) is 15.6. The molecule has 19 heavy (non-hydrogen) atoms. The highest BCUT2D eigenvalue weighted by Gasteiger charge is 2.12. The molecule has 2 heterocycles. The van der Waals surface area contributed by atoms with E-state index < -0.39 is 9.84 Å². The van der Waals surface area contributed by atoms with Gasteiger partial charge in [0.15, 0.2) is 5.65 Å². The number of rotatable bonds is 4. The Balaban J connectivity index is 2.29. The van der Waals surface area contributed by atoms with Gasteiger partial charge in [-0.15, -0.1) is 0 Å². The van der Waals surface area contributed by atoms with Crippen LogP contribution in [-0.4, -0.2) is 46.1 Å². The van der Waals surface area contributed by atoms with Crippen molar-refractivity contribution < 1.29 is 8.42 Å². The predicted octanol–water partition coefficient (Wildman–Crippen LogP) is -0.429. The van der Waals surface area contributed by atoms with Gasteiger partial charge in [0.2, 0.25) is 0 Å². The van der Waals surface area contributed by atoms with E-state index in [1.165, 1.54) is 10.7 Å². The van der Waals surface area contributed by atoms with Gasteiger partial charge < -0.3 is 5.32 Å². The van der Waals surface area contributed by atoms with Crippen LogP contribution in [0.2, 0.25) is 0 Å². The second kappa shape index (κ2) is 4.65. The molecular weight excluding hydrogens is 270 g/mol. The van der Waals surface area contributed by atoms with Crippen LogP contribution < -0.4 is 11.0 Å². The fourth-order valence-electron chi connectivity index (χ4n) is 1.92. The van der Waals surface area contributed by atoms with Gasteiger partial charge in [0, 0.05) is 18.4 Å². The lowest BCUT2D eigenvalue weighted by atomic mass is 10.4. The number of fused-ring (bicyclic) bond motifs is 1. The van der Waals surface area contributed by atoms with Crippen molar-refractivity contribution in [2.24, 2.45) is 0 Å². The number of anilines is 1. The highest BCUT2D eigenvalue weighted by atomic mass is 32.2. The largest absolute Gasteiger partial charge is 0.366 e. The normalized spacial score (nSPS) is 13.6. The number of hydrogen-bond acceptors (Lipinski definition) is 6. The molecule has 9 heteroatoms. The molecule has 0 amide bonds. The van der Waals surface area contributed by atoms with E-state index in [2.05, 4.69) is 20.5 Å². The van der Waals surface area contributed by atoms with Crippen LogP contribution in [0.1, 0.15) is 12.7 Å². The second-order valence-electron chi connectivity index (χ2n) is 4.55. The molecule has 1 unspecified atom stereocenters. The molecule has 0 spiro atoms. The number of nitrogens with zero attached hydrogens (tertiary/aromatic N) is 3. The van der Waals surface area contributed by atoms with Crippen molar-refractivity contribution in [1.82, 2.24) is 19.6 Å². The minimum Gasteiger partial charge on any atom is -0.366 e. The van der Waals surface area contributed by atoms with Gasteiger partial charge >= 0.3 is 5.69 Å². The van der Waals surface area contributed by atoms with E-state index in [1.54, 1.807) is 19.9 Å². The van der Waals surface area contributed by atoms with Crippen molar-refractivity contribution in [3.8, 4) is 0 Å². The summed E-state index contributed by atoms with van der Waals surface area (Å²) >= 11 is 0. The Morgan fingerprint density at radius 3 is 2.84 bits per heavy atom. The van der Waals surface area contributed by atoms with Crippen LogP contribution in [0.4, 0.5) is 5.82 Å². The maximum Gasteiger partial charge on any atom is 0.349 e. The van der Waals surface area contributed by atoms with Gasteiger partial charge in [-0.25, -0.2) is 27.7 Å². The van der Waals surface area contributed by atoms with E-state index in [1.807, 2.05) is 0 Å². The first kappa shape index (κ1) is 13.5. The zero-order valence-corrected chi connectivity index (χ0v) is 11.7. The first-order chi connectivity index (χ1) is 8.76. The summed E-state index contributed by atoms with van der Waals surface area (Å²) in [5, 5.41) is 9.16. The van der Waals surface area contributed by atoms with Crippen LogP contribution in [0, 0.1) is 6.92 Å². The molecule has 2 aromatic heterocycles. The van der Waals surface area contributed by atoms with Gasteiger partial charge in [-0.1, -0.05) is 0 Å². The van der Waals surface area contributed by atoms with Gasteiger partial charge in [0.25, 0.3) is 0 Å². The van der Waals surface area contributed by atoms with E-state index in [-0.39, 0.29) is 17.5 Å². The van der Waals surface area contributed by atoms with Crippen LogP contribution in [0.15, 0.2) is 10.9 Å². The second-order valence-corrected chi connectivity index (χ2v) is 6.73. The Morgan fingerprint density at radius 1 is 1.53 bits per heavy atom. The molecule has 0 aliphatic rings. The first-order valence-electron chi connectivity index (χ1n) is 5.65. The monoisotopic (exact) mass is 285 g/mol. The molecule has 0 aromatic carbocycles. The average Bonchev–Trinajstić information content (AvgIpc) is 2.57. The average molecular weight is 285 g/mol. The third-order valence-electron chi connectivity index (χ3n) is 2.52. The lowest BCUT2D eigenvalue weighted by Crippen LogP contribution is -2.26. The SMILES string of the molecule is Cc1nc(NC(C)CS(C)(=O)=O)cc2n[nH]c(=O)n12. The van der Waals surface area contributed by atoms with Crippen LogP contribution in [0.25, 0.3) is 5.65 Å². The van der Waals surface area contributed by atoms with E-state index in [0.29, 0.717) is 17.3 Å². The number of aryl methyl sites for hydroxylation is 1. The maximum absolute atomic E-state index is 11.4. The summed E-state index contributed by atoms with van der Waals surface area (Å²) < 4.78 is 23.7. The van der Waals surface area contributed by atoms with Crippen LogP contribution in [0.5, 0.6) is 0 Å². The molecule has 8 nitrogen and oxygen atoms in total. The van der Waals surface area contributed by atoms with Gasteiger partial charge in [0.1, 0.15) is 21.5 Å². The fraction of sp³-hybridized carbons (Fsp3) is 0.500. The molecule has 0 radical (unpaired) electrons. The molecule has 2 aromatic rings. The Hall–Kier alpha value is -1.90. The van der Waals surface area contributed by atoms with Gasteiger partial charge in [-0.05, 0) is 13.8 Å². The first-order valence-corrected chi connectivity index (χ1v) is 7.71. The number of H-pyrrole nitrogens is 1. The molecule has 0 aliphatic heterocycles. The topological polar surface area (TPSA) is 109 Å². The minimum atomic E-state index is -3.06. The highest BCUT2D eigenvalue weighted by molar-refractivity contribution is 7.90. The van der Waals surface area contributed by atoms with Crippen LogP contribution in [0.3, 0.4) is 0 Å². The Morgan fingerprint density at radius 2 is 2.21 bits per heavy atom. The Kier molecular flexibility index (Phi) is 3.31. The Labute approximate surface area is 109 Å².